The Hall–Kier alpha value is -2.62. The Labute approximate surface area is 161 Å². The number of amides is 2. The first-order valence-electron chi connectivity index (χ1n) is 7.72. The molecular formula is C17H18ClN3O5S. The summed E-state index contributed by atoms with van der Waals surface area (Å²) in [4.78, 5) is 24.0. The first-order valence-corrected chi connectivity index (χ1v) is 9.54. The molecule has 0 aliphatic rings. The largest absolute Gasteiger partial charge is 0.506 e. The summed E-state index contributed by atoms with van der Waals surface area (Å²) in [6, 6.07) is 10.0. The number of carbonyl (C=O) groups is 2. The molecule has 0 radical (unpaired) electrons. The van der Waals surface area contributed by atoms with Gasteiger partial charge in [0, 0.05) is 12.6 Å². The summed E-state index contributed by atoms with van der Waals surface area (Å²) in [5, 5.41) is 9.32. The average molecular weight is 412 g/mol. The molecule has 0 heterocycles. The van der Waals surface area contributed by atoms with Crippen LogP contribution in [0.3, 0.4) is 0 Å². The van der Waals surface area contributed by atoms with E-state index < -0.39 is 28.4 Å². The fourth-order valence-corrected chi connectivity index (χ4v) is 3.37. The number of phenolic OH excluding ortho intramolecular Hbond substituents is 1. The smallest absolute Gasteiger partial charge is 0.269 e. The van der Waals surface area contributed by atoms with Crippen molar-refractivity contribution in [3.8, 4) is 5.75 Å². The lowest BCUT2D eigenvalue weighted by atomic mass is 10.2. The lowest BCUT2D eigenvalue weighted by Gasteiger charge is -2.17. The molecule has 0 spiro atoms. The van der Waals surface area contributed by atoms with E-state index in [1.54, 1.807) is 12.1 Å². The Morgan fingerprint density at radius 1 is 1.11 bits per heavy atom. The van der Waals surface area contributed by atoms with Crippen LogP contribution in [0.25, 0.3) is 0 Å². The maximum Gasteiger partial charge on any atom is 0.269 e. The molecule has 2 amide bonds. The van der Waals surface area contributed by atoms with Gasteiger partial charge in [0.15, 0.2) is 0 Å². The molecule has 0 saturated carbocycles. The SMILES string of the molecule is Cc1ccc(S(=O)(=O)N(C)CC(=O)NNC(=O)c2ccc(O)c(Cl)c2)cc1. The maximum atomic E-state index is 12.4. The van der Waals surface area contributed by atoms with Gasteiger partial charge < -0.3 is 5.11 Å². The van der Waals surface area contributed by atoms with Gasteiger partial charge in [0.2, 0.25) is 10.0 Å². The Balaban J connectivity index is 1.95. The van der Waals surface area contributed by atoms with Crippen molar-refractivity contribution in [1.82, 2.24) is 15.2 Å². The van der Waals surface area contributed by atoms with E-state index in [0.29, 0.717) is 0 Å². The molecule has 2 aromatic rings. The molecule has 0 aliphatic heterocycles. The summed E-state index contributed by atoms with van der Waals surface area (Å²) in [6.07, 6.45) is 0. The van der Waals surface area contributed by atoms with Crippen molar-refractivity contribution < 1.29 is 23.1 Å². The van der Waals surface area contributed by atoms with Crippen molar-refractivity contribution >= 4 is 33.4 Å². The number of likely N-dealkylation sites (N-methyl/N-ethyl adjacent to an activating group) is 1. The molecule has 3 N–H and O–H groups in total. The van der Waals surface area contributed by atoms with Crippen molar-refractivity contribution in [3.63, 3.8) is 0 Å². The van der Waals surface area contributed by atoms with Crippen LogP contribution in [-0.2, 0) is 14.8 Å². The van der Waals surface area contributed by atoms with Crippen LogP contribution in [0.1, 0.15) is 15.9 Å². The highest BCUT2D eigenvalue weighted by Gasteiger charge is 2.23. The van der Waals surface area contributed by atoms with Crippen molar-refractivity contribution in [2.75, 3.05) is 13.6 Å². The predicted molar refractivity (Wildman–Crippen MR) is 99.7 cm³/mol. The molecule has 8 nitrogen and oxygen atoms in total. The summed E-state index contributed by atoms with van der Waals surface area (Å²) >= 11 is 5.72. The van der Waals surface area contributed by atoms with Crippen molar-refractivity contribution in [2.24, 2.45) is 0 Å². The predicted octanol–water partition coefficient (Wildman–Crippen LogP) is 1.44. The van der Waals surface area contributed by atoms with Crippen LogP contribution in [0.15, 0.2) is 47.4 Å². The normalized spacial score (nSPS) is 11.3. The fourth-order valence-electron chi connectivity index (χ4n) is 2.06. The van der Waals surface area contributed by atoms with Crippen LogP contribution in [0, 0.1) is 6.92 Å². The Kier molecular flexibility index (Phi) is 6.42. The van der Waals surface area contributed by atoms with Gasteiger partial charge in [-0.25, -0.2) is 8.42 Å². The zero-order valence-corrected chi connectivity index (χ0v) is 16.1. The van der Waals surface area contributed by atoms with E-state index in [-0.39, 0.29) is 21.2 Å². The number of hydrogen-bond donors (Lipinski definition) is 3. The van der Waals surface area contributed by atoms with Gasteiger partial charge in [0.25, 0.3) is 11.8 Å². The number of hydrazine groups is 1. The third kappa shape index (κ3) is 5.19. The highest BCUT2D eigenvalue weighted by molar-refractivity contribution is 7.89. The van der Waals surface area contributed by atoms with Gasteiger partial charge in [0.05, 0.1) is 16.5 Å². The zero-order chi connectivity index (χ0) is 20.2. The van der Waals surface area contributed by atoms with E-state index in [1.165, 1.54) is 37.4 Å². The highest BCUT2D eigenvalue weighted by Crippen LogP contribution is 2.23. The van der Waals surface area contributed by atoms with Crippen molar-refractivity contribution in [1.29, 1.82) is 0 Å². The second-order valence-corrected chi connectivity index (χ2v) is 8.19. The quantitative estimate of drug-likeness (QED) is 0.644. The number of rotatable bonds is 5. The molecule has 0 aliphatic carbocycles. The van der Waals surface area contributed by atoms with Gasteiger partial charge in [0.1, 0.15) is 5.75 Å². The molecule has 144 valence electrons. The first-order chi connectivity index (χ1) is 12.6. The van der Waals surface area contributed by atoms with E-state index in [4.69, 9.17) is 11.6 Å². The molecule has 0 unspecified atom stereocenters. The van der Waals surface area contributed by atoms with Crippen molar-refractivity contribution in [3.05, 3.63) is 58.6 Å². The van der Waals surface area contributed by atoms with E-state index in [0.717, 1.165) is 9.87 Å². The Bertz CT molecular complexity index is 961. The van der Waals surface area contributed by atoms with Crippen LogP contribution in [0.2, 0.25) is 5.02 Å². The van der Waals surface area contributed by atoms with E-state index in [9.17, 15) is 23.1 Å². The molecule has 27 heavy (non-hydrogen) atoms. The van der Waals surface area contributed by atoms with Crippen LogP contribution < -0.4 is 10.9 Å². The standard InChI is InChI=1S/C17H18ClN3O5S/c1-11-3-6-13(7-4-11)27(25,26)21(2)10-16(23)19-20-17(24)12-5-8-15(22)14(18)9-12/h3-9,22H,10H2,1-2H3,(H,19,23)(H,20,24). The number of carbonyl (C=O) groups excluding carboxylic acids is 2. The van der Waals surface area contributed by atoms with Gasteiger partial charge in [-0.1, -0.05) is 29.3 Å². The molecule has 0 bridgehead atoms. The number of aryl methyl sites for hydroxylation is 1. The zero-order valence-electron chi connectivity index (χ0n) is 14.6. The maximum absolute atomic E-state index is 12.4. The number of sulfonamides is 1. The molecule has 0 fully saturated rings. The third-order valence-electron chi connectivity index (χ3n) is 3.62. The van der Waals surface area contributed by atoms with Crippen LogP contribution in [-0.4, -0.2) is 43.2 Å². The molecular weight excluding hydrogens is 394 g/mol. The first kappa shape index (κ1) is 20.7. The van der Waals surface area contributed by atoms with Crippen molar-refractivity contribution in [2.45, 2.75) is 11.8 Å². The lowest BCUT2D eigenvalue weighted by molar-refractivity contribution is -0.121. The average Bonchev–Trinajstić information content (AvgIpc) is 2.62. The molecule has 2 aromatic carbocycles. The van der Waals surface area contributed by atoms with Gasteiger partial charge in [-0.3, -0.25) is 20.4 Å². The summed E-state index contributed by atoms with van der Waals surface area (Å²) < 4.78 is 25.7. The van der Waals surface area contributed by atoms with E-state index in [1.807, 2.05) is 6.92 Å². The highest BCUT2D eigenvalue weighted by atomic mass is 35.5. The monoisotopic (exact) mass is 411 g/mol. The Morgan fingerprint density at radius 2 is 1.74 bits per heavy atom. The van der Waals surface area contributed by atoms with Crippen LogP contribution in [0.4, 0.5) is 0 Å². The fraction of sp³-hybridized carbons (Fsp3) is 0.176. The number of hydrogen-bond acceptors (Lipinski definition) is 5. The summed E-state index contributed by atoms with van der Waals surface area (Å²) in [5.41, 5.74) is 5.30. The number of benzene rings is 2. The third-order valence-corrected chi connectivity index (χ3v) is 5.74. The molecule has 2 rings (SSSR count). The number of aromatic hydroxyl groups is 1. The van der Waals surface area contributed by atoms with Gasteiger partial charge in [-0.2, -0.15) is 4.31 Å². The van der Waals surface area contributed by atoms with E-state index in [2.05, 4.69) is 10.9 Å². The number of halogens is 1. The summed E-state index contributed by atoms with van der Waals surface area (Å²) in [6.45, 7) is 1.34. The topological polar surface area (TPSA) is 116 Å². The summed E-state index contributed by atoms with van der Waals surface area (Å²) in [7, 11) is -2.58. The summed E-state index contributed by atoms with van der Waals surface area (Å²) in [5.74, 6) is -1.58. The van der Waals surface area contributed by atoms with Gasteiger partial charge >= 0.3 is 0 Å². The Morgan fingerprint density at radius 3 is 2.33 bits per heavy atom. The van der Waals surface area contributed by atoms with Crippen LogP contribution >= 0.6 is 11.6 Å². The second kappa shape index (κ2) is 8.38. The number of phenols is 1. The van der Waals surface area contributed by atoms with Crippen LogP contribution in [0.5, 0.6) is 5.75 Å². The minimum atomic E-state index is -3.84. The minimum absolute atomic E-state index is 0.0158. The van der Waals surface area contributed by atoms with Gasteiger partial charge in [-0.15, -0.1) is 0 Å². The molecule has 0 saturated heterocycles. The molecule has 0 atom stereocenters. The molecule has 10 heteroatoms. The lowest BCUT2D eigenvalue weighted by Crippen LogP contribution is -2.46. The second-order valence-electron chi connectivity index (χ2n) is 5.74. The van der Waals surface area contributed by atoms with E-state index >= 15 is 0 Å². The van der Waals surface area contributed by atoms with Gasteiger partial charge in [-0.05, 0) is 37.3 Å². The number of nitrogens with zero attached hydrogens (tertiary/aromatic N) is 1. The minimum Gasteiger partial charge on any atom is -0.506 e. The number of nitrogens with one attached hydrogen (secondary N) is 2. The molecule has 0 aromatic heterocycles.